The lowest BCUT2D eigenvalue weighted by Crippen LogP contribution is -2.21. The average Bonchev–Trinajstić information content (AvgIpc) is 2.99. The van der Waals surface area contributed by atoms with E-state index in [9.17, 15) is 4.79 Å². The maximum atomic E-state index is 12.3. The van der Waals surface area contributed by atoms with Crippen molar-refractivity contribution in [2.75, 3.05) is 5.32 Å². The summed E-state index contributed by atoms with van der Waals surface area (Å²) in [7, 11) is 0. The van der Waals surface area contributed by atoms with Gasteiger partial charge in [0.1, 0.15) is 0 Å². The number of anilines is 1. The number of benzene rings is 2. The zero-order chi connectivity index (χ0) is 13.8. The Morgan fingerprint density at radius 3 is 2.25 bits per heavy atom. The molecule has 1 heterocycles. The molecule has 0 fully saturated rings. The van der Waals surface area contributed by atoms with E-state index in [2.05, 4.69) is 10.4 Å². The number of rotatable bonds is 2. The molecule has 4 nitrogen and oxygen atoms in total. The molecule has 3 rings (SSSR count). The van der Waals surface area contributed by atoms with Crippen LogP contribution in [0.5, 0.6) is 0 Å². The molecule has 0 aliphatic carbocycles. The van der Waals surface area contributed by atoms with E-state index in [1.54, 1.807) is 6.20 Å². The molecular formula is C16H13N3O. The highest BCUT2D eigenvalue weighted by molar-refractivity contribution is 5.93. The van der Waals surface area contributed by atoms with Crippen molar-refractivity contribution in [1.29, 1.82) is 0 Å². The first-order chi connectivity index (χ1) is 9.84. The second-order valence-corrected chi connectivity index (χ2v) is 4.29. The molecule has 1 amide bonds. The molecule has 1 N–H and O–H groups in total. The smallest absolute Gasteiger partial charge is 0.306 e. The molecule has 0 unspecified atom stereocenters. The zero-order valence-corrected chi connectivity index (χ0v) is 10.7. The van der Waals surface area contributed by atoms with E-state index in [-0.39, 0.29) is 6.03 Å². The largest absolute Gasteiger partial charge is 0.347 e. The number of carbonyl (C=O) groups is 1. The zero-order valence-electron chi connectivity index (χ0n) is 10.7. The normalized spacial score (nSPS) is 10.2. The van der Waals surface area contributed by atoms with Crippen molar-refractivity contribution in [3.05, 3.63) is 72.9 Å². The van der Waals surface area contributed by atoms with Crippen molar-refractivity contribution in [3.8, 4) is 11.3 Å². The molecule has 0 atom stereocenters. The Balaban J connectivity index is 1.88. The molecule has 0 saturated heterocycles. The Labute approximate surface area is 116 Å². The summed E-state index contributed by atoms with van der Waals surface area (Å²) in [5.74, 6) is 0. The van der Waals surface area contributed by atoms with Gasteiger partial charge in [0.05, 0.1) is 11.9 Å². The van der Waals surface area contributed by atoms with Crippen molar-refractivity contribution >= 4 is 11.7 Å². The lowest BCUT2D eigenvalue weighted by atomic mass is 10.1. The summed E-state index contributed by atoms with van der Waals surface area (Å²) in [6.45, 7) is 0. The highest BCUT2D eigenvalue weighted by Gasteiger charge is 2.12. The molecular weight excluding hydrogens is 250 g/mol. The van der Waals surface area contributed by atoms with Gasteiger partial charge in [-0.2, -0.15) is 9.78 Å². The summed E-state index contributed by atoms with van der Waals surface area (Å²) in [6, 6.07) is 20.6. The number of hydrogen-bond acceptors (Lipinski definition) is 2. The standard InChI is InChI=1S/C16H13N3O/c20-16(18-14-9-5-2-6-10-14)19-15(11-12-17-19)13-7-3-1-4-8-13/h1-12H,(H,18,20). The molecule has 0 spiro atoms. The lowest BCUT2D eigenvalue weighted by molar-refractivity contribution is 0.251. The van der Waals surface area contributed by atoms with Crippen LogP contribution in [-0.2, 0) is 0 Å². The molecule has 0 aliphatic heterocycles. The first-order valence-corrected chi connectivity index (χ1v) is 6.30. The van der Waals surface area contributed by atoms with Crippen LogP contribution in [0.1, 0.15) is 0 Å². The maximum absolute atomic E-state index is 12.3. The molecule has 4 heteroatoms. The predicted molar refractivity (Wildman–Crippen MR) is 78.5 cm³/mol. The molecule has 20 heavy (non-hydrogen) atoms. The third-order valence-corrected chi connectivity index (χ3v) is 2.93. The maximum Gasteiger partial charge on any atom is 0.347 e. The van der Waals surface area contributed by atoms with Crippen LogP contribution in [0.2, 0.25) is 0 Å². The highest BCUT2D eigenvalue weighted by Crippen LogP contribution is 2.18. The van der Waals surface area contributed by atoms with Crippen LogP contribution in [0.4, 0.5) is 10.5 Å². The quantitative estimate of drug-likeness (QED) is 0.767. The minimum atomic E-state index is -0.278. The van der Waals surface area contributed by atoms with E-state index in [1.165, 1.54) is 4.68 Å². The second-order valence-electron chi connectivity index (χ2n) is 4.29. The van der Waals surface area contributed by atoms with Gasteiger partial charge in [-0.15, -0.1) is 0 Å². The summed E-state index contributed by atoms with van der Waals surface area (Å²) in [5, 5.41) is 6.91. The molecule has 0 radical (unpaired) electrons. The van der Waals surface area contributed by atoms with E-state index in [0.717, 1.165) is 16.9 Å². The van der Waals surface area contributed by atoms with Gasteiger partial charge in [0.25, 0.3) is 0 Å². The van der Waals surface area contributed by atoms with Crippen molar-refractivity contribution < 1.29 is 4.79 Å². The van der Waals surface area contributed by atoms with Crippen molar-refractivity contribution in [1.82, 2.24) is 9.78 Å². The number of nitrogens with one attached hydrogen (secondary N) is 1. The van der Waals surface area contributed by atoms with Crippen LogP contribution < -0.4 is 5.32 Å². The van der Waals surface area contributed by atoms with Crippen LogP contribution in [0, 0.1) is 0 Å². The van der Waals surface area contributed by atoms with E-state index in [0.29, 0.717) is 0 Å². The topological polar surface area (TPSA) is 46.9 Å². The first-order valence-electron chi connectivity index (χ1n) is 6.30. The van der Waals surface area contributed by atoms with Gasteiger partial charge in [-0.3, -0.25) is 0 Å². The Morgan fingerprint density at radius 2 is 1.55 bits per heavy atom. The van der Waals surface area contributed by atoms with Crippen molar-refractivity contribution in [2.24, 2.45) is 0 Å². The molecule has 1 aromatic heterocycles. The molecule has 98 valence electrons. The van der Waals surface area contributed by atoms with E-state index in [1.807, 2.05) is 66.7 Å². The van der Waals surface area contributed by atoms with Gasteiger partial charge in [-0.25, -0.2) is 4.79 Å². The fraction of sp³-hybridized carbons (Fsp3) is 0. The Morgan fingerprint density at radius 1 is 0.900 bits per heavy atom. The Bertz CT molecular complexity index is 705. The van der Waals surface area contributed by atoms with Gasteiger partial charge < -0.3 is 5.32 Å². The van der Waals surface area contributed by atoms with E-state index >= 15 is 0 Å². The number of aromatic nitrogens is 2. The predicted octanol–water partition coefficient (Wildman–Crippen LogP) is 3.63. The fourth-order valence-electron chi connectivity index (χ4n) is 1.99. The first kappa shape index (κ1) is 12.2. The summed E-state index contributed by atoms with van der Waals surface area (Å²) in [5.41, 5.74) is 2.46. The minimum Gasteiger partial charge on any atom is -0.306 e. The fourth-order valence-corrected chi connectivity index (χ4v) is 1.99. The van der Waals surface area contributed by atoms with Gasteiger partial charge in [-0.05, 0) is 18.2 Å². The van der Waals surface area contributed by atoms with Gasteiger partial charge in [-0.1, -0.05) is 48.5 Å². The van der Waals surface area contributed by atoms with Crippen molar-refractivity contribution in [2.45, 2.75) is 0 Å². The van der Waals surface area contributed by atoms with Gasteiger partial charge in [0.2, 0.25) is 0 Å². The third-order valence-electron chi connectivity index (χ3n) is 2.93. The number of hydrogen-bond donors (Lipinski definition) is 1. The van der Waals surface area contributed by atoms with Gasteiger partial charge in [0, 0.05) is 11.3 Å². The van der Waals surface area contributed by atoms with Crippen LogP contribution in [0.3, 0.4) is 0 Å². The lowest BCUT2D eigenvalue weighted by Gasteiger charge is -2.08. The summed E-state index contributed by atoms with van der Waals surface area (Å²) < 4.78 is 1.36. The highest BCUT2D eigenvalue weighted by atomic mass is 16.2. The molecule has 0 aliphatic rings. The van der Waals surface area contributed by atoms with E-state index in [4.69, 9.17) is 0 Å². The number of carbonyl (C=O) groups excluding carboxylic acids is 1. The van der Waals surface area contributed by atoms with E-state index < -0.39 is 0 Å². The average molecular weight is 263 g/mol. The Kier molecular flexibility index (Phi) is 3.29. The monoisotopic (exact) mass is 263 g/mol. The van der Waals surface area contributed by atoms with Gasteiger partial charge in [0.15, 0.2) is 0 Å². The van der Waals surface area contributed by atoms with Crippen LogP contribution >= 0.6 is 0 Å². The van der Waals surface area contributed by atoms with Crippen LogP contribution in [0.15, 0.2) is 72.9 Å². The van der Waals surface area contributed by atoms with Gasteiger partial charge >= 0.3 is 6.03 Å². The van der Waals surface area contributed by atoms with Crippen LogP contribution in [-0.4, -0.2) is 15.8 Å². The molecule has 0 saturated carbocycles. The SMILES string of the molecule is O=C(Nc1ccccc1)n1nccc1-c1ccccc1. The molecule has 0 bridgehead atoms. The minimum absolute atomic E-state index is 0.278. The van der Waals surface area contributed by atoms with Crippen molar-refractivity contribution in [3.63, 3.8) is 0 Å². The molecule has 3 aromatic rings. The number of nitrogens with zero attached hydrogens (tertiary/aromatic N) is 2. The Hall–Kier alpha value is -2.88. The summed E-state index contributed by atoms with van der Waals surface area (Å²) in [6.07, 6.45) is 1.62. The summed E-state index contributed by atoms with van der Waals surface area (Å²) >= 11 is 0. The number of amides is 1. The third kappa shape index (κ3) is 2.44. The molecule has 2 aromatic carbocycles. The van der Waals surface area contributed by atoms with Crippen LogP contribution in [0.25, 0.3) is 11.3 Å². The second kappa shape index (κ2) is 5.40. The number of para-hydroxylation sites is 1. The summed E-state index contributed by atoms with van der Waals surface area (Å²) in [4.78, 5) is 12.3.